The van der Waals surface area contributed by atoms with Crippen molar-refractivity contribution >= 4 is 27.5 Å². The van der Waals surface area contributed by atoms with Crippen LogP contribution in [0.5, 0.6) is 5.75 Å². The number of aryl methyl sites for hydroxylation is 1. The molecule has 38 heavy (non-hydrogen) atoms. The molecule has 16 heteroatoms. The number of aliphatic imine (C=N–C) groups is 1. The van der Waals surface area contributed by atoms with Crippen LogP contribution in [0.4, 0.5) is 32.0 Å². The maximum absolute atomic E-state index is 13.9. The molecule has 0 fully saturated rings. The van der Waals surface area contributed by atoms with Crippen LogP contribution in [0.25, 0.3) is 0 Å². The summed E-state index contributed by atoms with van der Waals surface area (Å²) in [6.07, 6.45) is -10.4. The number of phenols is 1. The minimum absolute atomic E-state index is 0.166. The summed E-state index contributed by atoms with van der Waals surface area (Å²) in [7, 11) is -3.03. The number of anilines is 1. The lowest BCUT2D eigenvalue weighted by Crippen LogP contribution is -2.28. The summed E-state index contributed by atoms with van der Waals surface area (Å²) in [6, 6.07) is 3.07. The van der Waals surface area contributed by atoms with Crippen molar-refractivity contribution in [3.05, 3.63) is 57.5 Å². The third kappa shape index (κ3) is 5.58. The molecule has 1 aromatic carbocycles. The number of hydrogen-bond acceptors (Lipinski definition) is 7. The Kier molecular flexibility index (Phi) is 7.51. The molecule has 1 aliphatic rings. The average molecular weight is 568 g/mol. The molecule has 2 aromatic rings. The summed E-state index contributed by atoms with van der Waals surface area (Å²) in [5.41, 5.74) is -4.77. The van der Waals surface area contributed by atoms with Gasteiger partial charge in [0.2, 0.25) is 0 Å². The molecule has 3 N–H and O–H groups in total. The van der Waals surface area contributed by atoms with Gasteiger partial charge < -0.3 is 19.7 Å². The molecule has 1 atom stereocenters. The number of alkyl halides is 6. The number of nitrogens with zero attached hydrogens (tertiary/aromatic N) is 2. The molecule has 1 aromatic heterocycles. The molecule has 0 bridgehead atoms. The minimum Gasteiger partial charge on any atom is -0.505 e. The zero-order valence-electron chi connectivity index (χ0n) is 20.2. The Balaban J connectivity index is 2.25. The van der Waals surface area contributed by atoms with Gasteiger partial charge in [-0.2, -0.15) is 26.3 Å². The topological polar surface area (TPSA) is 124 Å². The quantitative estimate of drug-likeness (QED) is 0.343. The molecule has 0 saturated heterocycles. The maximum atomic E-state index is 13.9. The largest absolute Gasteiger partial charge is 0.505 e. The zero-order valence-corrected chi connectivity index (χ0v) is 21.1. The van der Waals surface area contributed by atoms with Gasteiger partial charge in [-0.1, -0.05) is 6.92 Å². The van der Waals surface area contributed by atoms with E-state index in [1.54, 1.807) is 24.6 Å². The summed E-state index contributed by atoms with van der Waals surface area (Å²) < 4.78 is 114. The highest BCUT2D eigenvalue weighted by atomic mass is 32.2. The normalized spacial score (nSPS) is 17.5. The predicted molar refractivity (Wildman–Crippen MR) is 124 cm³/mol. The molecule has 1 aliphatic heterocycles. The molecule has 1 unspecified atom stereocenters. The van der Waals surface area contributed by atoms with Crippen LogP contribution in [0.1, 0.15) is 46.8 Å². The third-order valence-electron chi connectivity index (χ3n) is 5.35. The molecular formula is C22H22F6N4O5S. The Hall–Kier alpha value is -3.69. The first-order valence-corrected chi connectivity index (χ1v) is 12.3. The van der Waals surface area contributed by atoms with Crippen LogP contribution in [-0.2, 0) is 16.2 Å². The summed E-state index contributed by atoms with van der Waals surface area (Å²) in [4.78, 5) is 15.1. The number of allylic oxidation sites excluding steroid dienone is 1. The molecule has 0 aliphatic carbocycles. The molecule has 9 nitrogen and oxygen atoms in total. The second-order valence-electron chi connectivity index (χ2n) is 8.36. The highest BCUT2D eigenvalue weighted by Crippen LogP contribution is 2.42. The number of aromatic hydroxyl groups is 1. The molecule has 3 rings (SSSR count). The van der Waals surface area contributed by atoms with Crippen molar-refractivity contribution in [3.8, 4) is 5.75 Å². The highest BCUT2D eigenvalue weighted by molar-refractivity contribution is 7.94. The molecule has 0 saturated carbocycles. The standard InChI is InChI=1S/C22H22F6N4O5S/c1-5-12(14-9-6-10(2)37-14)30-19-16(18(22(26,27)28)38(35,36)31-19)29-13-8-7-11(21(23,24)25)15(17(13)33)20(34)32(3)4/h6-9,12,29,33H,5H2,1-4H3,(H,30,31). The van der Waals surface area contributed by atoms with Crippen LogP contribution in [0.2, 0.25) is 0 Å². The monoisotopic (exact) mass is 568 g/mol. The van der Waals surface area contributed by atoms with Crippen molar-refractivity contribution < 1.29 is 49.1 Å². The number of carbonyl (C=O) groups excluding carboxylic acids is 1. The molecule has 0 radical (unpaired) electrons. The fourth-order valence-electron chi connectivity index (χ4n) is 3.62. The number of benzene rings is 1. The first-order valence-electron chi connectivity index (χ1n) is 10.8. The van der Waals surface area contributed by atoms with Gasteiger partial charge in [0.15, 0.2) is 16.5 Å². The lowest BCUT2D eigenvalue weighted by atomic mass is 10.0. The molecular weight excluding hydrogens is 546 g/mol. The van der Waals surface area contributed by atoms with Crippen molar-refractivity contribution in [3.63, 3.8) is 0 Å². The molecule has 0 spiro atoms. The summed E-state index contributed by atoms with van der Waals surface area (Å²) in [5, 5.41) is 12.6. The average Bonchev–Trinajstić information content (AvgIpc) is 3.31. The Morgan fingerprint density at radius 1 is 1.13 bits per heavy atom. The lowest BCUT2D eigenvalue weighted by molar-refractivity contribution is -0.138. The SMILES string of the molecule is CCC(N=C1NS(=O)(=O)C(C(F)(F)F)=C1Nc1ccc(C(F)(F)F)c(C(=O)N(C)C)c1O)c1ccc(C)o1. The number of hydrogen-bond donors (Lipinski definition) is 3. The van der Waals surface area contributed by atoms with E-state index in [2.05, 4.69) is 4.99 Å². The Labute approximate surface area is 212 Å². The van der Waals surface area contributed by atoms with Gasteiger partial charge >= 0.3 is 12.4 Å². The van der Waals surface area contributed by atoms with Crippen LogP contribution < -0.4 is 10.0 Å². The van der Waals surface area contributed by atoms with Crippen LogP contribution in [0, 0.1) is 6.92 Å². The van der Waals surface area contributed by atoms with Gasteiger partial charge in [-0.15, -0.1) is 0 Å². The fraction of sp³-hybridized carbons (Fsp3) is 0.364. The number of nitrogens with one attached hydrogen (secondary N) is 2. The highest BCUT2D eigenvalue weighted by Gasteiger charge is 2.51. The first kappa shape index (κ1) is 28.9. The number of amides is 1. The van der Waals surface area contributed by atoms with Gasteiger partial charge in [-0.05, 0) is 37.6 Å². The molecule has 1 amide bonds. The maximum Gasteiger partial charge on any atom is 0.431 e. The summed E-state index contributed by atoms with van der Waals surface area (Å²) in [5.74, 6) is -2.78. The van der Waals surface area contributed by atoms with E-state index in [0.717, 1.165) is 19.0 Å². The van der Waals surface area contributed by atoms with Crippen molar-refractivity contribution in [1.82, 2.24) is 9.62 Å². The summed E-state index contributed by atoms with van der Waals surface area (Å²) >= 11 is 0. The second kappa shape index (κ2) is 9.89. The van der Waals surface area contributed by atoms with Gasteiger partial charge in [0.05, 0.1) is 16.8 Å². The Bertz CT molecular complexity index is 1420. The van der Waals surface area contributed by atoms with Crippen molar-refractivity contribution in [2.75, 3.05) is 19.4 Å². The molecule has 208 valence electrons. The van der Waals surface area contributed by atoms with E-state index in [1.807, 2.05) is 5.32 Å². The third-order valence-corrected chi connectivity index (χ3v) is 6.78. The van der Waals surface area contributed by atoms with Gasteiger partial charge in [-0.25, -0.2) is 8.42 Å². The van der Waals surface area contributed by atoms with Gasteiger partial charge in [0.25, 0.3) is 15.9 Å². The van der Waals surface area contributed by atoms with E-state index in [9.17, 15) is 44.7 Å². The van der Waals surface area contributed by atoms with E-state index in [0.29, 0.717) is 17.9 Å². The van der Waals surface area contributed by atoms with E-state index in [-0.39, 0.29) is 12.2 Å². The van der Waals surface area contributed by atoms with E-state index in [1.165, 1.54) is 6.07 Å². The Morgan fingerprint density at radius 3 is 2.24 bits per heavy atom. The predicted octanol–water partition coefficient (Wildman–Crippen LogP) is 4.68. The Morgan fingerprint density at radius 2 is 1.76 bits per heavy atom. The van der Waals surface area contributed by atoms with E-state index < -0.39 is 73.3 Å². The second-order valence-corrected chi connectivity index (χ2v) is 9.98. The smallest absolute Gasteiger partial charge is 0.431 e. The van der Waals surface area contributed by atoms with Gasteiger partial charge in [-0.3, -0.25) is 14.5 Å². The van der Waals surface area contributed by atoms with Gasteiger partial charge in [0, 0.05) is 14.1 Å². The first-order chi connectivity index (χ1) is 17.4. The number of sulfonamides is 1. The number of rotatable bonds is 6. The van der Waals surface area contributed by atoms with Crippen molar-refractivity contribution in [2.24, 2.45) is 4.99 Å². The fourth-order valence-corrected chi connectivity index (χ4v) is 4.85. The van der Waals surface area contributed by atoms with E-state index in [4.69, 9.17) is 4.42 Å². The van der Waals surface area contributed by atoms with Crippen LogP contribution in [0.15, 0.2) is 44.3 Å². The number of furan rings is 1. The number of halogens is 6. The van der Waals surface area contributed by atoms with E-state index >= 15 is 0 Å². The van der Waals surface area contributed by atoms with Crippen LogP contribution in [-0.4, -0.2) is 50.4 Å². The van der Waals surface area contributed by atoms with Crippen molar-refractivity contribution in [2.45, 2.75) is 38.7 Å². The van der Waals surface area contributed by atoms with Gasteiger partial charge in [0.1, 0.15) is 23.3 Å². The number of phenolic OH excluding ortho intramolecular Hbond substituents is 1. The van der Waals surface area contributed by atoms with Crippen LogP contribution >= 0.6 is 0 Å². The number of carbonyl (C=O) groups is 1. The lowest BCUT2D eigenvalue weighted by Gasteiger charge is -2.20. The minimum atomic E-state index is -5.47. The molecule has 2 heterocycles. The number of amidine groups is 1. The van der Waals surface area contributed by atoms with Crippen LogP contribution in [0.3, 0.4) is 0 Å². The zero-order chi connectivity index (χ0) is 28.8. The summed E-state index contributed by atoms with van der Waals surface area (Å²) in [6.45, 7) is 3.22. The van der Waals surface area contributed by atoms with Crippen molar-refractivity contribution in [1.29, 1.82) is 0 Å².